The van der Waals surface area contributed by atoms with E-state index in [0.717, 1.165) is 49.3 Å². The summed E-state index contributed by atoms with van der Waals surface area (Å²) in [4.78, 5) is 10.1. The van der Waals surface area contributed by atoms with Crippen LogP contribution in [0.5, 0.6) is 0 Å². The van der Waals surface area contributed by atoms with Crippen LogP contribution < -0.4 is 5.32 Å². The van der Waals surface area contributed by atoms with Gasteiger partial charge in [0.05, 0.1) is 0 Å². The van der Waals surface area contributed by atoms with Gasteiger partial charge in [-0.25, -0.2) is 9.37 Å². The molecule has 136 valence electrons. The highest BCUT2D eigenvalue weighted by Crippen LogP contribution is 2.26. The van der Waals surface area contributed by atoms with Gasteiger partial charge in [0.25, 0.3) is 0 Å². The number of aromatic nitrogens is 2. The van der Waals surface area contributed by atoms with Crippen LogP contribution in [-0.4, -0.2) is 41.0 Å². The van der Waals surface area contributed by atoms with Crippen LogP contribution in [-0.2, 0) is 6.42 Å². The second kappa shape index (κ2) is 7.87. The lowest BCUT2D eigenvalue weighted by Gasteiger charge is -2.32. The van der Waals surface area contributed by atoms with Crippen molar-refractivity contribution in [2.75, 3.05) is 31.5 Å². The van der Waals surface area contributed by atoms with E-state index in [0.29, 0.717) is 5.92 Å². The van der Waals surface area contributed by atoms with E-state index in [2.05, 4.69) is 20.2 Å². The Bertz CT molecular complexity index is 838. The fourth-order valence-electron chi connectivity index (χ4n) is 3.85. The van der Waals surface area contributed by atoms with Crippen molar-refractivity contribution in [1.29, 1.82) is 0 Å². The number of aromatic amines is 1. The van der Waals surface area contributed by atoms with Crippen molar-refractivity contribution in [3.8, 4) is 0 Å². The molecule has 0 saturated carbocycles. The third-order valence-corrected chi connectivity index (χ3v) is 5.34. The average molecular weight is 352 g/mol. The number of likely N-dealkylation sites (tertiary alicyclic amines) is 1. The van der Waals surface area contributed by atoms with E-state index in [1.807, 2.05) is 36.7 Å². The summed E-state index contributed by atoms with van der Waals surface area (Å²) in [5.74, 6) is 1.46. The van der Waals surface area contributed by atoms with E-state index < -0.39 is 0 Å². The number of pyridine rings is 1. The third kappa shape index (κ3) is 4.05. The Labute approximate surface area is 153 Å². The van der Waals surface area contributed by atoms with Gasteiger partial charge in [0, 0.05) is 36.4 Å². The maximum Gasteiger partial charge on any atom is 0.125 e. The van der Waals surface area contributed by atoms with Crippen molar-refractivity contribution in [3.05, 3.63) is 60.2 Å². The molecule has 1 saturated heterocycles. The third-order valence-electron chi connectivity index (χ3n) is 5.34. The molecule has 3 heterocycles. The first-order valence-electron chi connectivity index (χ1n) is 9.41. The Balaban J connectivity index is 1.25. The van der Waals surface area contributed by atoms with Crippen LogP contribution in [0.2, 0.25) is 0 Å². The summed E-state index contributed by atoms with van der Waals surface area (Å²) in [7, 11) is 0. The highest BCUT2D eigenvalue weighted by molar-refractivity contribution is 5.83. The van der Waals surface area contributed by atoms with E-state index in [-0.39, 0.29) is 5.82 Å². The van der Waals surface area contributed by atoms with Crippen LogP contribution in [0.1, 0.15) is 18.4 Å². The lowest BCUT2D eigenvalue weighted by atomic mass is 9.90. The fourth-order valence-corrected chi connectivity index (χ4v) is 3.85. The molecule has 2 aromatic heterocycles. The Morgan fingerprint density at radius 2 is 2.08 bits per heavy atom. The molecule has 0 amide bonds. The Morgan fingerprint density at radius 1 is 1.19 bits per heavy atom. The summed E-state index contributed by atoms with van der Waals surface area (Å²) in [6.07, 6.45) is 7.29. The van der Waals surface area contributed by atoms with E-state index in [4.69, 9.17) is 0 Å². The van der Waals surface area contributed by atoms with Crippen LogP contribution in [0.3, 0.4) is 0 Å². The number of benzene rings is 1. The number of rotatable bonds is 6. The van der Waals surface area contributed by atoms with Crippen LogP contribution in [0.4, 0.5) is 10.2 Å². The molecule has 4 nitrogen and oxygen atoms in total. The summed E-state index contributed by atoms with van der Waals surface area (Å²) >= 11 is 0. The Hall–Kier alpha value is -2.40. The minimum Gasteiger partial charge on any atom is -0.369 e. The van der Waals surface area contributed by atoms with Gasteiger partial charge in [0.2, 0.25) is 0 Å². The number of H-pyrrole nitrogens is 1. The monoisotopic (exact) mass is 352 g/mol. The van der Waals surface area contributed by atoms with Gasteiger partial charge in [-0.3, -0.25) is 0 Å². The summed E-state index contributed by atoms with van der Waals surface area (Å²) in [6.45, 7) is 4.22. The zero-order chi connectivity index (χ0) is 17.8. The number of hydrogen-bond donors (Lipinski definition) is 2. The maximum atomic E-state index is 13.5. The highest BCUT2D eigenvalue weighted by atomic mass is 19.1. The molecule has 1 fully saturated rings. The van der Waals surface area contributed by atoms with Crippen LogP contribution in [0, 0.1) is 11.7 Å². The molecule has 0 radical (unpaired) electrons. The molecule has 1 aromatic carbocycles. The highest BCUT2D eigenvalue weighted by Gasteiger charge is 2.20. The molecule has 0 bridgehead atoms. The topological polar surface area (TPSA) is 44.0 Å². The van der Waals surface area contributed by atoms with Gasteiger partial charge in [-0.1, -0.05) is 6.07 Å². The van der Waals surface area contributed by atoms with Crippen molar-refractivity contribution >= 4 is 16.7 Å². The first kappa shape index (κ1) is 17.0. The molecule has 0 atom stereocenters. The predicted octanol–water partition coefficient (Wildman–Crippen LogP) is 4.07. The van der Waals surface area contributed by atoms with Crippen molar-refractivity contribution in [3.63, 3.8) is 0 Å². The molecule has 5 heteroatoms. The molecule has 4 rings (SSSR count). The quantitative estimate of drug-likeness (QED) is 0.703. The lowest BCUT2D eigenvalue weighted by Crippen LogP contribution is -2.37. The average Bonchev–Trinajstić information content (AvgIpc) is 3.06. The SMILES string of the molecule is Fc1ccc2[nH]cc(CC3CCN(CCNc4ccccn4)CC3)c2c1. The molecule has 26 heavy (non-hydrogen) atoms. The minimum atomic E-state index is -0.159. The zero-order valence-electron chi connectivity index (χ0n) is 14.9. The van der Waals surface area contributed by atoms with Gasteiger partial charge in [-0.15, -0.1) is 0 Å². The second-order valence-electron chi connectivity index (χ2n) is 7.13. The molecule has 1 aliphatic heterocycles. The summed E-state index contributed by atoms with van der Waals surface area (Å²) in [5, 5.41) is 4.41. The normalized spacial score (nSPS) is 16.2. The zero-order valence-corrected chi connectivity index (χ0v) is 14.9. The standard InChI is InChI=1S/C21H25FN4/c22-18-4-5-20-19(14-18)17(15-25-20)13-16-6-10-26(11-7-16)12-9-24-21-3-1-2-8-23-21/h1-5,8,14-16,25H,6-7,9-13H2,(H,23,24). The molecular weight excluding hydrogens is 327 g/mol. The molecule has 0 spiro atoms. The number of anilines is 1. The number of piperidine rings is 1. The molecule has 0 unspecified atom stereocenters. The molecule has 3 aromatic rings. The van der Waals surface area contributed by atoms with Crippen LogP contribution in [0.15, 0.2) is 48.8 Å². The van der Waals surface area contributed by atoms with E-state index in [9.17, 15) is 4.39 Å². The second-order valence-corrected chi connectivity index (χ2v) is 7.13. The van der Waals surface area contributed by atoms with E-state index in [1.54, 1.807) is 6.07 Å². The van der Waals surface area contributed by atoms with Gasteiger partial charge >= 0.3 is 0 Å². The minimum absolute atomic E-state index is 0.159. The van der Waals surface area contributed by atoms with Gasteiger partial charge in [-0.2, -0.15) is 0 Å². The van der Waals surface area contributed by atoms with Crippen molar-refractivity contribution in [2.24, 2.45) is 5.92 Å². The van der Waals surface area contributed by atoms with Crippen LogP contribution in [0.25, 0.3) is 10.9 Å². The smallest absolute Gasteiger partial charge is 0.125 e. The predicted molar refractivity (Wildman–Crippen MR) is 104 cm³/mol. The molecular formula is C21H25FN4. The Morgan fingerprint density at radius 3 is 2.88 bits per heavy atom. The van der Waals surface area contributed by atoms with Gasteiger partial charge in [-0.05, 0) is 74.2 Å². The first-order valence-corrected chi connectivity index (χ1v) is 9.41. The van der Waals surface area contributed by atoms with E-state index >= 15 is 0 Å². The first-order chi connectivity index (χ1) is 12.8. The summed E-state index contributed by atoms with van der Waals surface area (Å²) < 4.78 is 13.5. The van der Waals surface area contributed by atoms with Gasteiger partial charge in [0.1, 0.15) is 11.6 Å². The number of nitrogens with one attached hydrogen (secondary N) is 2. The number of hydrogen-bond acceptors (Lipinski definition) is 3. The van der Waals surface area contributed by atoms with Gasteiger partial charge in [0.15, 0.2) is 0 Å². The number of halogens is 1. The van der Waals surface area contributed by atoms with Crippen LogP contribution >= 0.6 is 0 Å². The number of fused-ring (bicyclic) bond motifs is 1. The maximum absolute atomic E-state index is 13.5. The lowest BCUT2D eigenvalue weighted by molar-refractivity contribution is 0.190. The van der Waals surface area contributed by atoms with Crippen molar-refractivity contribution in [2.45, 2.75) is 19.3 Å². The van der Waals surface area contributed by atoms with E-state index in [1.165, 1.54) is 24.5 Å². The van der Waals surface area contributed by atoms with Crippen molar-refractivity contribution < 1.29 is 4.39 Å². The van der Waals surface area contributed by atoms with Crippen molar-refractivity contribution in [1.82, 2.24) is 14.9 Å². The number of nitrogens with zero attached hydrogens (tertiary/aromatic N) is 2. The van der Waals surface area contributed by atoms with Gasteiger partial charge < -0.3 is 15.2 Å². The Kier molecular flexibility index (Phi) is 5.16. The largest absolute Gasteiger partial charge is 0.369 e. The molecule has 0 aliphatic carbocycles. The molecule has 2 N–H and O–H groups in total. The fraction of sp³-hybridized carbons (Fsp3) is 0.381. The summed E-state index contributed by atoms with van der Waals surface area (Å²) in [5.41, 5.74) is 2.27. The molecule has 1 aliphatic rings. The summed E-state index contributed by atoms with van der Waals surface area (Å²) in [6, 6.07) is 10.9.